The van der Waals surface area contributed by atoms with Gasteiger partial charge >= 0.3 is 0 Å². The standard InChI is InChI=1S/C15H24N4OS/c1-4-6-15(10-21,7-5-2)9-19-11-16-13-12(14(19)20)8-17-18(13)3/h8,11,21H,4-7,9-10H2,1-3H3. The quantitative estimate of drug-likeness (QED) is 0.800. The van der Waals surface area contributed by atoms with Crippen LogP contribution in [0.2, 0.25) is 0 Å². The van der Waals surface area contributed by atoms with Gasteiger partial charge in [-0.05, 0) is 24.0 Å². The van der Waals surface area contributed by atoms with E-state index in [1.54, 1.807) is 28.8 Å². The summed E-state index contributed by atoms with van der Waals surface area (Å²) in [5.74, 6) is 0.784. The van der Waals surface area contributed by atoms with Crippen molar-refractivity contribution in [2.75, 3.05) is 5.75 Å². The van der Waals surface area contributed by atoms with Crippen molar-refractivity contribution in [2.24, 2.45) is 12.5 Å². The number of nitrogens with zero attached hydrogens (tertiary/aromatic N) is 4. The number of hydrogen-bond donors (Lipinski definition) is 1. The first kappa shape index (κ1) is 16.1. The lowest BCUT2D eigenvalue weighted by molar-refractivity contribution is 0.228. The van der Waals surface area contributed by atoms with Gasteiger partial charge in [-0.25, -0.2) is 4.98 Å². The highest BCUT2D eigenvalue weighted by molar-refractivity contribution is 7.80. The van der Waals surface area contributed by atoms with E-state index in [2.05, 4.69) is 36.6 Å². The Morgan fingerprint density at radius 1 is 1.29 bits per heavy atom. The lowest BCUT2D eigenvalue weighted by atomic mass is 9.81. The summed E-state index contributed by atoms with van der Waals surface area (Å²) < 4.78 is 3.36. The van der Waals surface area contributed by atoms with E-state index in [-0.39, 0.29) is 11.0 Å². The van der Waals surface area contributed by atoms with Crippen LogP contribution in [-0.4, -0.2) is 25.1 Å². The van der Waals surface area contributed by atoms with Gasteiger partial charge in [-0.1, -0.05) is 26.7 Å². The third-order valence-electron chi connectivity index (χ3n) is 4.12. The van der Waals surface area contributed by atoms with Crippen molar-refractivity contribution in [3.63, 3.8) is 0 Å². The summed E-state index contributed by atoms with van der Waals surface area (Å²) in [5, 5.41) is 4.70. The maximum Gasteiger partial charge on any atom is 0.264 e. The predicted octanol–water partition coefficient (Wildman–Crippen LogP) is 2.65. The van der Waals surface area contributed by atoms with Gasteiger partial charge in [0.2, 0.25) is 0 Å². The molecular weight excluding hydrogens is 284 g/mol. The highest BCUT2D eigenvalue weighted by Crippen LogP contribution is 2.32. The van der Waals surface area contributed by atoms with Crippen molar-refractivity contribution >= 4 is 23.7 Å². The minimum Gasteiger partial charge on any atom is -0.298 e. The molecule has 0 aliphatic rings. The third-order valence-corrected chi connectivity index (χ3v) is 4.79. The smallest absolute Gasteiger partial charge is 0.264 e. The Morgan fingerprint density at radius 3 is 2.52 bits per heavy atom. The number of fused-ring (bicyclic) bond motifs is 1. The second kappa shape index (κ2) is 6.64. The summed E-state index contributed by atoms with van der Waals surface area (Å²) >= 11 is 4.56. The van der Waals surface area contributed by atoms with Gasteiger partial charge in [0, 0.05) is 13.6 Å². The van der Waals surface area contributed by atoms with Crippen LogP contribution >= 0.6 is 12.6 Å². The van der Waals surface area contributed by atoms with Crippen LogP contribution in [0.25, 0.3) is 11.0 Å². The van der Waals surface area contributed by atoms with Crippen LogP contribution in [0.3, 0.4) is 0 Å². The number of aromatic nitrogens is 4. The largest absolute Gasteiger partial charge is 0.298 e. The molecule has 6 heteroatoms. The Hall–Kier alpha value is -1.30. The molecule has 116 valence electrons. The van der Waals surface area contributed by atoms with Crippen LogP contribution in [-0.2, 0) is 13.6 Å². The van der Waals surface area contributed by atoms with Gasteiger partial charge in [-0.2, -0.15) is 17.7 Å². The normalized spacial score (nSPS) is 12.2. The van der Waals surface area contributed by atoms with Gasteiger partial charge in [-0.3, -0.25) is 14.0 Å². The fraction of sp³-hybridized carbons (Fsp3) is 0.667. The molecule has 0 fully saturated rings. The summed E-state index contributed by atoms with van der Waals surface area (Å²) in [7, 11) is 1.80. The zero-order valence-electron chi connectivity index (χ0n) is 13.0. The highest BCUT2D eigenvalue weighted by Gasteiger charge is 2.28. The Labute approximate surface area is 130 Å². The van der Waals surface area contributed by atoms with Gasteiger partial charge in [0.15, 0.2) is 5.65 Å². The van der Waals surface area contributed by atoms with Crippen LogP contribution in [0.4, 0.5) is 0 Å². The third kappa shape index (κ3) is 3.15. The van der Waals surface area contributed by atoms with E-state index in [1.165, 1.54) is 0 Å². The van der Waals surface area contributed by atoms with Gasteiger partial charge in [-0.15, -0.1) is 0 Å². The number of rotatable bonds is 7. The SMILES string of the molecule is CCCC(CS)(CCC)Cn1cnc2c(cnn2C)c1=O. The molecule has 0 atom stereocenters. The second-order valence-electron chi connectivity index (χ2n) is 5.84. The Balaban J connectivity index is 2.41. The molecular formula is C15H24N4OS. The molecule has 21 heavy (non-hydrogen) atoms. The van der Waals surface area contributed by atoms with Crippen molar-refractivity contribution in [1.29, 1.82) is 0 Å². The van der Waals surface area contributed by atoms with Gasteiger partial charge in [0.05, 0.1) is 12.5 Å². The molecule has 0 spiro atoms. The zero-order chi connectivity index (χ0) is 15.5. The lowest BCUT2D eigenvalue weighted by Gasteiger charge is -2.32. The summed E-state index contributed by atoms with van der Waals surface area (Å²) in [6.45, 7) is 5.03. The molecule has 0 aliphatic carbocycles. The molecule has 2 aromatic heterocycles. The second-order valence-corrected chi connectivity index (χ2v) is 6.16. The van der Waals surface area contributed by atoms with Crippen LogP contribution in [0.1, 0.15) is 39.5 Å². The molecule has 5 nitrogen and oxygen atoms in total. The van der Waals surface area contributed by atoms with E-state index in [0.717, 1.165) is 31.4 Å². The van der Waals surface area contributed by atoms with Crippen LogP contribution in [0.15, 0.2) is 17.3 Å². The van der Waals surface area contributed by atoms with Crippen molar-refractivity contribution in [3.05, 3.63) is 22.9 Å². The fourth-order valence-corrected chi connectivity index (χ4v) is 3.51. The molecule has 0 N–H and O–H groups in total. The monoisotopic (exact) mass is 308 g/mol. The minimum atomic E-state index is -0.00790. The molecule has 0 bridgehead atoms. The maximum absolute atomic E-state index is 12.6. The van der Waals surface area contributed by atoms with E-state index < -0.39 is 0 Å². The topological polar surface area (TPSA) is 52.7 Å². The van der Waals surface area contributed by atoms with E-state index in [1.807, 2.05) is 0 Å². The number of hydrogen-bond acceptors (Lipinski definition) is 4. The molecule has 0 saturated heterocycles. The van der Waals surface area contributed by atoms with Crippen LogP contribution < -0.4 is 5.56 Å². The molecule has 2 heterocycles. The zero-order valence-corrected chi connectivity index (χ0v) is 13.9. The van der Waals surface area contributed by atoms with Crippen molar-refractivity contribution < 1.29 is 0 Å². The van der Waals surface area contributed by atoms with Crippen molar-refractivity contribution in [1.82, 2.24) is 19.3 Å². The average molecular weight is 308 g/mol. The Kier molecular flexibility index (Phi) is 5.08. The maximum atomic E-state index is 12.6. The van der Waals surface area contributed by atoms with E-state index >= 15 is 0 Å². The van der Waals surface area contributed by atoms with Gasteiger partial charge < -0.3 is 0 Å². The molecule has 0 radical (unpaired) electrons. The average Bonchev–Trinajstić information content (AvgIpc) is 2.85. The Bertz CT molecular complexity index is 655. The molecule has 0 unspecified atom stereocenters. The van der Waals surface area contributed by atoms with Crippen LogP contribution in [0, 0.1) is 5.41 Å². The number of aryl methyl sites for hydroxylation is 1. The molecule has 0 aromatic carbocycles. The Morgan fingerprint density at radius 2 is 1.95 bits per heavy atom. The van der Waals surface area contributed by atoms with Crippen LogP contribution in [0.5, 0.6) is 0 Å². The van der Waals surface area contributed by atoms with Gasteiger partial charge in [0.25, 0.3) is 5.56 Å². The summed E-state index contributed by atoms with van der Waals surface area (Å²) in [4.78, 5) is 17.0. The number of thiol groups is 1. The van der Waals surface area contributed by atoms with Crippen molar-refractivity contribution in [2.45, 2.75) is 46.1 Å². The van der Waals surface area contributed by atoms with Gasteiger partial charge in [0.1, 0.15) is 5.39 Å². The predicted molar refractivity (Wildman–Crippen MR) is 88.9 cm³/mol. The minimum absolute atomic E-state index is 0.00790. The molecule has 0 saturated carbocycles. The molecule has 0 amide bonds. The summed E-state index contributed by atoms with van der Waals surface area (Å²) in [6.07, 6.45) is 7.58. The highest BCUT2D eigenvalue weighted by atomic mass is 32.1. The van der Waals surface area contributed by atoms with Crippen molar-refractivity contribution in [3.8, 4) is 0 Å². The first-order chi connectivity index (χ1) is 10.1. The summed E-state index contributed by atoms with van der Waals surface area (Å²) in [5.41, 5.74) is 0.693. The fourth-order valence-electron chi connectivity index (χ4n) is 3.09. The first-order valence-corrected chi connectivity index (χ1v) is 8.18. The van der Waals surface area contributed by atoms with E-state index in [0.29, 0.717) is 17.6 Å². The molecule has 0 aliphatic heterocycles. The van der Waals surface area contributed by atoms with E-state index in [9.17, 15) is 4.79 Å². The van der Waals surface area contributed by atoms with E-state index in [4.69, 9.17) is 0 Å². The lowest BCUT2D eigenvalue weighted by Crippen LogP contribution is -2.34. The molecule has 2 aromatic rings. The summed E-state index contributed by atoms with van der Waals surface area (Å²) in [6, 6.07) is 0. The molecule has 2 rings (SSSR count). The first-order valence-electron chi connectivity index (χ1n) is 7.55.